The number of likely N-dealkylation sites (tertiary alicyclic amines) is 1. The summed E-state index contributed by atoms with van der Waals surface area (Å²) >= 11 is 0. The summed E-state index contributed by atoms with van der Waals surface area (Å²) in [6, 6.07) is 3.61. The third kappa shape index (κ3) is 2.15. The quantitative estimate of drug-likeness (QED) is 0.776. The summed E-state index contributed by atoms with van der Waals surface area (Å²) in [6.07, 6.45) is 3.84. The molecule has 1 aromatic rings. The zero-order chi connectivity index (χ0) is 10.7. The number of carbonyl (C=O) groups is 1. The number of carbonyl (C=O) groups excluding carboxylic acids is 1. The molecule has 0 aromatic carbocycles. The number of hydrogen-bond donors (Lipinski definition) is 1. The van der Waals surface area contributed by atoms with Crippen LogP contribution in [0.5, 0.6) is 0 Å². The number of aromatic nitrogens is 1. The highest BCUT2D eigenvalue weighted by Crippen LogP contribution is 2.12. The molecule has 1 amide bonds. The maximum atomic E-state index is 11.9. The van der Waals surface area contributed by atoms with E-state index in [1.807, 2.05) is 11.0 Å². The molecule has 0 radical (unpaired) electrons. The first-order valence-corrected chi connectivity index (χ1v) is 5.25. The lowest BCUT2D eigenvalue weighted by Gasteiger charge is -2.14. The lowest BCUT2D eigenvalue weighted by atomic mass is 10.2. The fraction of sp³-hybridized carbons (Fsp3) is 0.455. The molecule has 4 nitrogen and oxygen atoms in total. The van der Waals surface area contributed by atoms with Crippen LogP contribution in [0, 0.1) is 0 Å². The summed E-state index contributed by atoms with van der Waals surface area (Å²) in [5, 5.41) is 0. The first-order valence-electron chi connectivity index (χ1n) is 5.25. The Hall–Kier alpha value is -1.42. The molecule has 0 atom stereocenters. The Morgan fingerprint density at radius 2 is 2.20 bits per heavy atom. The molecule has 1 saturated heterocycles. The molecule has 1 aliphatic rings. The Balaban J connectivity index is 2.17. The van der Waals surface area contributed by atoms with E-state index in [9.17, 15) is 4.79 Å². The van der Waals surface area contributed by atoms with Gasteiger partial charge >= 0.3 is 0 Å². The fourth-order valence-electron chi connectivity index (χ4n) is 1.80. The predicted octanol–water partition coefficient (Wildman–Crippen LogP) is 0.776. The molecule has 2 heterocycles. The van der Waals surface area contributed by atoms with Crippen LogP contribution in [0.4, 0.5) is 0 Å². The van der Waals surface area contributed by atoms with Crippen LogP contribution in [0.25, 0.3) is 0 Å². The maximum absolute atomic E-state index is 11.9. The molecule has 1 aromatic heterocycles. The van der Waals surface area contributed by atoms with Crippen LogP contribution < -0.4 is 5.73 Å². The van der Waals surface area contributed by atoms with Crippen LogP contribution in [0.3, 0.4) is 0 Å². The molecular weight excluding hydrogens is 190 g/mol. The van der Waals surface area contributed by atoms with Crippen LogP contribution in [0.1, 0.15) is 28.9 Å². The van der Waals surface area contributed by atoms with Gasteiger partial charge in [-0.1, -0.05) is 0 Å². The fourth-order valence-corrected chi connectivity index (χ4v) is 1.80. The van der Waals surface area contributed by atoms with Gasteiger partial charge in [0.1, 0.15) is 5.69 Å². The van der Waals surface area contributed by atoms with Crippen molar-refractivity contribution in [2.24, 2.45) is 5.73 Å². The van der Waals surface area contributed by atoms with Gasteiger partial charge in [-0.05, 0) is 30.5 Å². The summed E-state index contributed by atoms with van der Waals surface area (Å²) in [7, 11) is 0. The van der Waals surface area contributed by atoms with Gasteiger partial charge in [0.15, 0.2) is 0 Å². The molecule has 15 heavy (non-hydrogen) atoms. The maximum Gasteiger partial charge on any atom is 0.272 e. The van der Waals surface area contributed by atoms with E-state index in [0.29, 0.717) is 12.2 Å². The van der Waals surface area contributed by atoms with Crippen molar-refractivity contribution in [1.29, 1.82) is 0 Å². The van der Waals surface area contributed by atoms with E-state index in [2.05, 4.69) is 4.98 Å². The lowest BCUT2D eigenvalue weighted by Crippen LogP contribution is -2.28. The summed E-state index contributed by atoms with van der Waals surface area (Å²) in [6.45, 7) is 2.16. The summed E-state index contributed by atoms with van der Waals surface area (Å²) in [5.74, 6) is 0.0304. The van der Waals surface area contributed by atoms with Gasteiger partial charge < -0.3 is 10.6 Å². The Kier molecular flexibility index (Phi) is 2.97. The van der Waals surface area contributed by atoms with Crippen molar-refractivity contribution in [2.75, 3.05) is 13.1 Å². The minimum Gasteiger partial charge on any atom is -0.337 e. The van der Waals surface area contributed by atoms with Gasteiger partial charge in [0.05, 0.1) is 0 Å². The topological polar surface area (TPSA) is 59.2 Å². The van der Waals surface area contributed by atoms with E-state index >= 15 is 0 Å². The highest BCUT2D eigenvalue weighted by molar-refractivity contribution is 5.92. The molecule has 80 valence electrons. The second kappa shape index (κ2) is 4.40. The van der Waals surface area contributed by atoms with Crippen molar-refractivity contribution in [3.8, 4) is 0 Å². The van der Waals surface area contributed by atoms with Gasteiger partial charge in [0, 0.05) is 25.8 Å². The first-order chi connectivity index (χ1) is 7.31. The number of rotatable bonds is 2. The van der Waals surface area contributed by atoms with E-state index in [0.717, 1.165) is 31.5 Å². The smallest absolute Gasteiger partial charge is 0.272 e. The Labute approximate surface area is 89.1 Å². The summed E-state index contributed by atoms with van der Waals surface area (Å²) < 4.78 is 0. The minimum absolute atomic E-state index is 0.0304. The second-order valence-electron chi connectivity index (χ2n) is 3.75. The van der Waals surface area contributed by atoms with Crippen LogP contribution >= 0.6 is 0 Å². The third-order valence-corrected chi connectivity index (χ3v) is 2.67. The number of nitrogens with two attached hydrogens (primary N) is 1. The number of hydrogen-bond acceptors (Lipinski definition) is 3. The molecule has 0 spiro atoms. The van der Waals surface area contributed by atoms with Crippen LogP contribution in [0.2, 0.25) is 0 Å². The SMILES string of the molecule is NCc1ccnc(C(=O)N2CCCC2)c1. The average molecular weight is 205 g/mol. The van der Waals surface area contributed by atoms with E-state index in [-0.39, 0.29) is 5.91 Å². The predicted molar refractivity (Wildman–Crippen MR) is 57.3 cm³/mol. The normalized spacial score (nSPS) is 15.7. The Bertz CT molecular complexity index is 359. The number of pyridine rings is 1. The molecule has 1 aliphatic heterocycles. The zero-order valence-electron chi connectivity index (χ0n) is 8.65. The Morgan fingerprint density at radius 3 is 2.87 bits per heavy atom. The van der Waals surface area contributed by atoms with Crippen LogP contribution in [-0.4, -0.2) is 28.9 Å². The van der Waals surface area contributed by atoms with Gasteiger partial charge in [-0.3, -0.25) is 9.78 Å². The molecular formula is C11H15N3O. The van der Waals surface area contributed by atoms with Crippen LogP contribution in [0.15, 0.2) is 18.3 Å². The standard InChI is InChI=1S/C11H15N3O/c12-8-9-3-4-13-10(7-9)11(15)14-5-1-2-6-14/h3-4,7H,1-2,5-6,8,12H2. The van der Waals surface area contributed by atoms with Gasteiger partial charge in [0.2, 0.25) is 0 Å². The summed E-state index contributed by atoms with van der Waals surface area (Å²) in [5.41, 5.74) is 6.98. The molecule has 0 bridgehead atoms. The van der Waals surface area contributed by atoms with Gasteiger partial charge in [0.25, 0.3) is 5.91 Å². The average Bonchev–Trinajstić information content (AvgIpc) is 2.81. The van der Waals surface area contributed by atoms with Crippen molar-refractivity contribution < 1.29 is 4.79 Å². The second-order valence-corrected chi connectivity index (χ2v) is 3.75. The van der Waals surface area contributed by atoms with E-state index < -0.39 is 0 Å². The number of amides is 1. The monoisotopic (exact) mass is 205 g/mol. The minimum atomic E-state index is 0.0304. The van der Waals surface area contributed by atoms with E-state index in [1.165, 1.54) is 0 Å². The Morgan fingerprint density at radius 1 is 1.47 bits per heavy atom. The molecule has 0 saturated carbocycles. The largest absolute Gasteiger partial charge is 0.337 e. The van der Waals surface area contributed by atoms with Crippen molar-refractivity contribution in [1.82, 2.24) is 9.88 Å². The third-order valence-electron chi connectivity index (χ3n) is 2.67. The van der Waals surface area contributed by atoms with Crippen LogP contribution in [-0.2, 0) is 6.54 Å². The van der Waals surface area contributed by atoms with Gasteiger partial charge in [-0.25, -0.2) is 0 Å². The highest BCUT2D eigenvalue weighted by Gasteiger charge is 2.20. The molecule has 0 unspecified atom stereocenters. The lowest BCUT2D eigenvalue weighted by molar-refractivity contribution is 0.0787. The first kappa shape index (κ1) is 10.1. The van der Waals surface area contributed by atoms with Crippen molar-refractivity contribution in [2.45, 2.75) is 19.4 Å². The molecule has 2 rings (SSSR count). The molecule has 1 fully saturated rings. The number of nitrogens with zero attached hydrogens (tertiary/aromatic N) is 2. The molecule has 2 N–H and O–H groups in total. The molecule has 0 aliphatic carbocycles. The van der Waals surface area contributed by atoms with Gasteiger partial charge in [-0.15, -0.1) is 0 Å². The van der Waals surface area contributed by atoms with E-state index in [1.54, 1.807) is 12.3 Å². The van der Waals surface area contributed by atoms with Gasteiger partial charge in [-0.2, -0.15) is 0 Å². The van der Waals surface area contributed by atoms with E-state index in [4.69, 9.17) is 5.73 Å². The summed E-state index contributed by atoms with van der Waals surface area (Å²) in [4.78, 5) is 17.9. The van der Waals surface area contributed by atoms with Crippen molar-refractivity contribution in [3.05, 3.63) is 29.6 Å². The van der Waals surface area contributed by atoms with Crippen molar-refractivity contribution >= 4 is 5.91 Å². The molecule has 4 heteroatoms. The van der Waals surface area contributed by atoms with Crippen molar-refractivity contribution in [3.63, 3.8) is 0 Å². The zero-order valence-corrected chi connectivity index (χ0v) is 8.65. The highest BCUT2D eigenvalue weighted by atomic mass is 16.2.